The van der Waals surface area contributed by atoms with E-state index in [1.54, 1.807) is 12.1 Å². The third-order valence-electron chi connectivity index (χ3n) is 4.71. The van der Waals surface area contributed by atoms with Crippen LogP contribution in [0, 0.1) is 6.92 Å². The van der Waals surface area contributed by atoms with Crippen molar-refractivity contribution < 1.29 is 9.53 Å². The molecule has 138 valence electrons. The molecule has 0 bridgehead atoms. The molecule has 0 aromatic heterocycles. The molecular weight excluding hydrogens is 332 g/mol. The maximum Gasteiger partial charge on any atom is 0.343 e. The average Bonchev–Trinajstić information content (AvgIpc) is 2.70. The number of carbonyl (C=O) groups excluding carboxylic acids is 1. The van der Waals surface area contributed by atoms with Crippen LogP contribution in [0.4, 0.5) is 0 Å². The molecular formula is C25H26O2. The first-order valence-electron chi connectivity index (χ1n) is 9.64. The maximum absolute atomic E-state index is 12.2. The molecule has 3 rings (SSSR count). The van der Waals surface area contributed by atoms with Crippen LogP contribution in [-0.4, -0.2) is 5.97 Å². The summed E-state index contributed by atoms with van der Waals surface area (Å²) < 4.78 is 5.47. The van der Waals surface area contributed by atoms with Crippen LogP contribution in [0.1, 0.15) is 47.7 Å². The fourth-order valence-corrected chi connectivity index (χ4v) is 3.01. The number of carbonyl (C=O) groups is 1. The lowest BCUT2D eigenvalue weighted by molar-refractivity contribution is 0.0735. The van der Waals surface area contributed by atoms with Crippen molar-refractivity contribution in [3.8, 4) is 16.9 Å². The summed E-state index contributed by atoms with van der Waals surface area (Å²) in [7, 11) is 0. The van der Waals surface area contributed by atoms with Gasteiger partial charge in [-0.3, -0.25) is 0 Å². The van der Waals surface area contributed by atoms with Gasteiger partial charge < -0.3 is 4.74 Å². The fraction of sp³-hybridized carbons (Fsp3) is 0.240. The predicted octanol–water partition coefficient (Wildman–Crippen LogP) is 6.61. The van der Waals surface area contributed by atoms with Gasteiger partial charge in [0, 0.05) is 0 Å². The summed E-state index contributed by atoms with van der Waals surface area (Å²) in [6.45, 7) is 4.22. The number of ether oxygens (including phenoxy) is 1. The number of unbranched alkanes of at least 4 members (excludes halogenated alkanes) is 2. The van der Waals surface area contributed by atoms with Gasteiger partial charge >= 0.3 is 5.97 Å². The Morgan fingerprint density at radius 1 is 0.778 bits per heavy atom. The van der Waals surface area contributed by atoms with Gasteiger partial charge in [-0.2, -0.15) is 0 Å². The number of rotatable bonds is 7. The second-order valence-corrected chi connectivity index (χ2v) is 6.93. The molecule has 27 heavy (non-hydrogen) atoms. The summed E-state index contributed by atoms with van der Waals surface area (Å²) in [5.41, 5.74) is 5.35. The Hall–Kier alpha value is -2.87. The SMILES string of the molecule is CCCCCc1ccc(-c2ccc(OC(=O)c3ccc(C)cc3)cc2)cc1. The number of benzene rings is 3. The van der Waals surface area contributed by atoms with Gasteiger partial charge in [-0.1, -0.05) is 73.9 Å². The van der Waals surface area contributed by atoms with Gasteiger partial charge in [0.25, 0.3) is 0 Å². The Morgan fingerprint density at radius 2 is 1.37 bits per heavy atom. The molecule has 2 nitrogen and oxygen atoms in total. The highest BCUT2D eigenvalue weighted by atomic mass is 16.5. The van der Waals surface area contributed by atoms with Crippen molar-refractivity contribution in [2.75, 3.05) is 0 Å². The zero-order valence-electron chi connectivity index (χ0n) is 16.1. The predicted molar refractivity (Wildman–Crippen MR) is 111 cm³/mol. The van der Waals surface area contributed by atoms with Crippen LogP contribution in [0.2, 0.25) is 0 Å². The molecule has 3 aromatic rings. The zero-order chi connectivity index (χ0) is 19.1. The molecule has 0 spiro atoms. The summed E-state index contributed by atoms with van der Waals surface area (Å²) in [6, 6.07) is 23.8. The Balaban J connectivity index is 1.62. The van der Waals surface area contributed by atoms with E-state index in [0.29, 0.717) is 11.3 Å². The molecule has 0 aliphatic carbocycles. The molecule has 0 N–H and O–H groups in total. The first-order valence-corrected chi connectivity index (χ1v) is 9.64. The van der Waals surface area contributed by atoms with Crippen molar-refractivity contribution in [3.05, 3.63) is 89.5 Å². The number of aryl methyl sites for hydroxylation is 2. The minimum absolute atomic E-state index is 0.334. The van der Waals surface area contributed by atoms with Crippen molar-refractivity contribution in [1.82, 2.24) is 0 Å². The average molecular weight is 358 g/mol. The third-order valence-corrected chi connectivity index (χ3v) is 4.71. The molecule has 3 aromatic carbocycles. The Kier molecular flexibility index (Phi) is 6.43. The monoisotopic (exact) mass is 358 g/mol. The van der Waals surface area contributed by atoms with E-state index in [9.17, 15) is 4.79 Å². The van der Waals surface area contributed by atoms with Gasteiger partial charge in [0.15, 0.2) is 0 Å². The van der Waals surface area contributed by atoms with Crippen molar-refractivity contribution in [2.45, 2.75) is 39.5 Å². The summed E-state index contributed by atoms with van der Waals surface area (Å²) >= 11 is 0. The lowest BCUT2D eigenvalue weighted by atomic mass is 10.0. The van der Waals surface area contributed by atoms with Crippen LogP contribution in [-0.2, 0) is 6.42 Å². The summed E-state index contributed by atoms with van der Waals surface area (Å²) in [4.78, 5) is 12.2. The summed E-state index contributed by atoms with van der Waals surface area (Å²) in [5, 5.41) is 0. The van der Waals surface area contributed by atoms with E-state index in [4.69, 9.17) is 4.74 Å². The van der Waals surface area contributed by atoms with Gasteiger partial charge in [0.05, 0.1) is 5.56 Å². The molecule has 0 fully saturated rings. The summed E-state index contributed by atoms with van der Waals surface area (Å²) in [6.07, 6.45) is 4.92. The van der Waals surface area contributed by atoms with E-state index >= 15 is 0 Å². The minimum Gasteiger partial charge on any atom is -0.423 e. The fourth-order valence-electron chi connectivity index (χ4n) is 3.01. The number of hydrogen-bond acceptors (Lipinski definition) is 2. The molecule has 0 aliphatic rings. The first kappa shape index (κ1) is 18.9. The molecule has 0 unspecified atom stereocenters. The molecule has 0 atom stereocenters. The second kappa shape index (κ2) is 9.18. The van der Waals surface area contributed by atoms with Crippen molar-refractivity contribution in [3.63, 3.8) is 0 Å². The number of hydrogen-bond donors (Lipinski definition) is 0. The van der Waals surface area contributed by atoms with E-state index < -0.39 is 0 Å². The van der Waals surface area contributed by atoms with E-state index in [1.807, 2.05) is 43.3 Å². The maximum atomic E-state index is 12.2. The van der Waals surface area contributed by atoms with Crippen LogP contribution < -0.4 is 4.74 Å². The lowest BCUT2D eigenvalue weighted by Crippen LogP contribution is -2.08. The zero-order valence-corrected chi connectivity index (χ0v) is 16.1. The molecule has 0 saturated carbocycles. The smallest absolute Gasteiger partial charge is 0.343 e. The Morgan fingerprint density at radius 3 is 1.96 bits per heavy atom. The van der Waals surface area contributed by atoms with Crippen LogP contribution in [0.25, 0.3) is 11.1 Å². The van der Waals surface area contributed by atoms with Gasteiger partial charge in [-0.05, 0) is 60.7 Å². The van der Waals surface area contributed by atoms with Gasteiger partial charge in [-0.25, -0.2) is 4.79 Å². The normalized spacial score (nSPS) is 10.6. The quantitative estimate of drug-likeness (QED) is 0.270. The summed E-state index contributed by atoms with van der Waals surface area (Å²) in [5.74, 6) is 0.222. The van der Waals surface area contributed by atoms with Crippen molar-refractivity contribution in [2.24, 2.45) is 0 Å². The molecule has 0 aliphatic heterocycles. The first-order chi connectivity index (χ1) is 13.2. The van der Waals surface area contributed by atoms with Crippen LogP contribution in [0.5, 0.6) is 5.75 Å². The van der Waals surface area contributed by atoms with Gasteiger partial charge in [-0.15, -0.1) is 0 Å². The highest BCUT2D eigenvalue weighted by Gasteiger charge is 2.08. The molecule has 0 saturated heterocycles. The van der Waals surface area contributed by atoms with Crippen LogP contribution >= 0.6 is 0 Å². The van der Waals surface area contributed by atoms with Crippen molar-refractivity contribution >= 4 is 5.97 Å². The highest BCUT2D eigenvalue weighted by molar-refractivity contribution is 5.91. The van der Waals surface area contributed by atoms with Gasteiger partial charge in [0.2, 0.25) is 0 Å². The minimum atomic E-state index is -0.334. The molecule has 0 heterocycles. The third kappa shape index (κ3) is 5.30. The van der Waals surface area contributed by atoms with E-state index in [2.05, 4.69) is 31.2 Å². The molecule has 2 heteroatoms. The largest absolute Gasteiger partial charge is 0.423 e. The molecule has 0 amide bonds. The van der Waals surface area contributed by atoms with E-state index in [1.165, 1.54) is 30.4 Å². The standard InChI is InChI=1S/C25H26O2/c1-3-4-5-6-20-9-13-21(14-10-20)22-15-17-24(18-16-22)27-25(26)23-11-7-19(2)8-12-23/h7-18H,3-6H2,1-2H3. The Bertz CT molecular complexity index is 860. The second-order valence-electron chi connectivity index (χ2n) is 6.93. The van der Waals surface area contributed by atoms with E-state index in [-0.39, 0.29) is 5.97 Å². The van der Waals surface area contributed by atoms with Crippen LogP contribution in [0.3, 0.4) is 0 Å². The highest BCUT2D eigenvalue weighted by Crippen LogP contribution is 2.24. The topological polar surface area (TPSA) is 26.3 Å². The van der Waals surface area contributed by atoms with Crippen molar-refractivity contribution in [1.29, 1.82) is 0 Å². The van der Waals surface area contributed by atoms with E-state index in [0.717, 1.165) is 17.5 Å². The van der Waals surface area contributed by atoms with Gasteiger partial charge in [0.1, 0.15) is 5.75 Å². The number of esters is 1. The Labute approximate surface area is 161 Å². The molecule has 0 radical (unpaired) electrons. The van der Waals surface area contributed by atoms with Crippen LogP contribution in [0.15, 0.2) is 72.8 Å². The lowest BCUT2D eigenvalue weighted by Gasteiger charge is -2.07.